The zero-order valence-electron chi connectivity index (χ0n) is 10.7. The van der Waals surface area contributed by atoms with Crippen molar-refractivity contribution < 1.29 is 9.53 Å². The maximum absolute atomic E-state index is 12.0. The molecule has 0 radical (unpaired) electrons. The van der Waals surface area contributed by atoms with Gasteiger partial charge in [-0.1, -0.05) is 11.6 Å². The van der Waals surface area contributed by atoms with Crippen LogP contribution in [0.1, 0.15) is 10.5 Å². The van der Waals surface area contributed by atoms with Crippen LogP contribution in [0, 0.1) is 0 Å². The van der Waals surface area contributed by atoms with Crippen molar-refractivity contribution in [2.45, 2.75) is 6.54 Å². The number of imidazole rings is 1. The van der Waals surface area contributed by atoms with Crippen LogP contribution in [0.4, 0.5) is 5.95 Å². The third-order valence-electron chi connectivity index (χ3n) is 2.36. The fourth-order valence-corrected chi connectivity index (χ4v) is 1.65. The second-order valence-corrected chi connectivity index (χ2v) is 4.18. The molecule has 0 unspecified atom stereocenters. The Balaban J connectivity index is 2.12. The van der Waals surface area contributed by atoms with Gasteiger partial charge in [-0.2, -0.15) is 4.98 Å². The number of methoxy groups -OCH3 is 1. The van der Waals surface area contributed by atoms with Crippen molar-refractivity contribution in [3.05, 3.63) is 29.4 Å². The first-order valence-electron chi connectivity index (χ1n) is 5.74. The molecule has 2 aromatic heterocycles. The molecule has 2 heterocycles. The highest BCUT2D eigenvalue weighted by molar-refractivity contribution is 6.29. The van der Waals surface area contributed by atoms with E-state index in [1.165, 1.54) is 19.5 Å². The van der Waals surface area contributed by atoms with Gasteiger partial charge in [-0.25, -0.2) is 9.97 Å². The van der Waals surface area contributed by atoms with Crippen molar-refractivity contribution in [3.63, 3.8) is 0 Å². The zero-order chi connectivity index (χ0) is 14.5. The maximum Gasteiger partial charge on any atom is 0.278 e. The van der Waals surface area contributed by atoms with E-state index in [1.807, 2.05) is 0 Å². The molecule has 2 aromatic rings. The number of anilines is 1. The van der Waals surface area contributed by atoms with Crippen LogP contribution in [0.15, 0.2) is 18.6 Å². The largest absolute Gasteiger partial charge is 0.481 e. The molecule has 0 saturated heterocycles. The molecule has 2 rings (SSSR count). The van der Waals surface area contributed by atoms with Crippen molar-refractivity contribution in [2.24, 2.45) is 5.73 Å². The Hall–Kier alpha value is -2.19. The standard InChI is InChI=1S/C11H13ClN6O2/c1-20-9-4-8(12)15-11(16-9)17-10(19)7-5-18(3-2-13)6-14-7/h4-6H,2-3,13H2,1H3,(H,15,16,17,19). The number of carbonyl (C=O) groups excluding carboxylic acids is 1. The van der Waals surface area contributed by atoms with Gasteiger partial charge in [0.2, 0.25) is 11.8 Å². The number of nitrogens with zero attached hydrogens (tertiary/aromatic N) is 4. The fraction of sp³-hybridized carbons (Fsp3) is 0.273. The highest BCUT2D eigenvalue weighted by atomic mass is 35.5. The number of carbonyl (C=O) groups is 1. The summed E-state index contributed by atoms with van der Waals surface area (Å²) in [6.07, 6.45) is 3.12. The molecule has 8 nitrogen and oxygen atoms in total. The van der Waals surface area contributed by atoms with E-state index in [4.69, 9.17) is 22.1 Å². The summed E-state index contributed by atoms with van der Waals surface area (Å²) in [4.78, 5) is 23.8. The minimum absolute atomic E-state index is 0.0488. The van der Waals surface area contributed by atoms with Gasteiger partial charge in [0.25, 0.3) is 5.91 Å². The third-order valence-corrected chi connectivity index (χ3v) is 2.55. The van der Waals surface area contributed by atoms with E-state index in [0.717, 1.165) is 0 Å². The Morgan fingerprint density at radius 2 is 2.35 bits per heavy atom. The second kappa shape index (κ2) is 6.31. The zero-order valence-corrected chi connectivity index (χ0v) is 11.5. The van der Waals surface area contributed by atoms with Crippen LogP contribution >= 0.6 is 11.6 Å². The van der Waals surface area contributed by atoms with Crippen LogP contribution in [0.2, 0.25) is 5.15 Å². The first-order chi connectivity index (χ1) is 9.62. The van der Waals surface area contributed by atoms with Gasteiger partial charge >= 0.3 is 0 Å². The van der Waals surface area contributed by atoms with E-state index in [9.17, 15) is 4.79 Å². The lowest BCUT2D eigenvalue weighted by Gasteiger charge is -2.04. The van der Waals surface area contributed by atoms with Crippen LogP contribution in [0.25, 0.3) is 0 Å². The monoisotopic (exact) mass is 296 g/mol. The van der Waals surface area contributed by atoms with Gasteiger partial charge in [-0.3, -0.25) is 10.1 Å². The number of rotatable bonds is 5. The first kappa shape index (κ1) is 14.2. The average Bonchev–Trinajstić information content (AvgIpc) is 2.87. The Kier molecular flexibility index (Phi) is 4.49. The number of nitrogens with two attached hydrogens (primary N) is 1. The van der Waals surface area contributed by atoms with Gasteiger partial charge in [0.05, 0.1) is 13.4 Å². The molecular weight excluding hydrogens is 284 g/mol. The maximum atomic E-state index is 12.0. The minimum atomic E-state index is -0.440. The number of amides is 1. The molecular formula is C11H13ClN6O2. The quantitative estimate of drug-likeness (QED) is 0.780. The lowest BCUT2D eigenvalue weighted by molar-refractivity contribution is 0.102. The van der Waals surface area contributed by atoms with Crippen molar-refractivity contribution >= 4 is 23.5 Å². The lowest BCUT2D eigenvalue weighted by Crippen LogP contribution is -2.15. The number of hydrogen-bond acceptors (Lipinski definition) is 6. The van der Waals surface area contributed by atoms with Crippen LogP contribution < -0.4 is 15.8 Å². The van der Waals surface area contributed by atoms with Gasteiger partial charge in [-0.05, 0) is 0 Å². The van der Waals surface area contributed by atoms with Crippen LogP contribution in [-0.2, 0) is 6.54 Å². The fourth-order valence-electron chi connectivity index (χ4n) is 1.47. The molecule has 9 heteroatoms. The van der Waals surface area contributed by atoms with E-state index < -0.39 is 5.91 Å². The van der Waals surface area contributed by atoms with E-state index in [2.05, 4.69) is 20.3 Å². The van der Waals surface area contributed by atoms with Gasteiger partial charge < -0.3 is 15.0 Å². The highest BCUT2D eigenvalue weighted by Gasteiger charge is 2.12. The van der Waals surface area contributed by atoms with Gasteiger partial charge in [-0.15, -0.1) is 0 Å². The Morgan fingerprint density at radius 3 is 3.05 bits per heavy atom. The molecule has 0 fully saturated rings. The van der Waals surface area contributed by atoms with Gasteiger partial charge in [0.1, 0.15) is 10.8 Å². The van der Waals surface area contributed by atoms with E-state index in [0.29, 0.717) is 13.1 Å². The second-order valence-electron chi connectivity index (χ2n) is 3.80. The Bertz CT molecular complexity index is 615. The molecule has 0 saturated carbocycles. The van der Waals surface area contributed by atoms with Gasteiger partial charge in [0.15, 0.2) is 0 Å². The number of ether oxygens (including phenoxy) is 1. The molecule has 1 amide bonds. The van der Waals surface area contributed by atoms with Crippen LogP contribution in [0.5, 0.6) is 5.88 Å². The summed E-state index contributed by atoms with van der Waals surface area (Å²) < 4.78 is 6.66. The summed E-state index contributed by atoms with van der Waals surface area (Å²) in [5, 5.41) is 2.66. The van der Waals surface area contributed by atoms with E-state index >= 15 is 0 Å². The lowest BCUT2D eigenvalue weighted by atomic mass is 10.4. The number of nitrogens with one attached hydrogen (secondary N) is 1. The van der Waals surface area contributed by atoms with Crippen molar-refractivity contribution in [2.75, 3.05) is 19.0 Å². The Morgan fingerprint density at radius 1 is 1.55 bits per heavy atom. The smallest absolute Gasteiger partial charge is 0.278 e. The molecule has 20 heavy (non-hydrogen) atoms. The molecule has 0 aliphatic carbocycles. The van der Waals surface area contributed by atoms with Crippen molar-refractivity contribution in [1.29, 1.82) is 0 Å². The van der Waals surface area contributed by atoms with Crippen LogP contribution in [-0.4, -0.2) is 39.1 Å². The normalized spacial score (nSPS) is 10.3. The molecule has 0 aliphatic heterocycles. The van der Waals surface area contributed by atoms with E-state index in [1.54, 1.807) is 10.8 Å². The minimum Gasteiger partial charge on any atom is -0.481 e. The molecule has 3 N–H and O–H groups in total. The number of aromatic nitrogens is 4. The number of halogens is 1. The van der Waals surface area contributed by atoms with Gasteiger partial charge in [0, 0.05) is 25.4 Å². The first-order valence-corrected chi connectivity index (χ1v) is 6.12. The van der Waals surface area contributed by atoms with Crippen molar-refractivity contribution in [1.82, 2.24) is 19.5 Å². The summed E-state index contributed by atoms with van der Waals surface area (Å²) in [5.74, 6) is -0.133. The molecule has 0 spiro atoms. The topological polar surface area (TPSA) is 108 Å². The van der Waals surface area contributed by atoms with E-state index in [-0.39, 0.29) is 22.7 Å². The summed E-state index contributed by atoms with van der Waals surface area (Å²) in [6, 6.07) is 1.44. The Labute approximate surface area is 119 Å². The number of hydrogen-bond donors (Lipinski definition) is 2. The predicted molar refractivity (Wildman–Crippen MR) is 72.8 cm³/mol. The summed E-state index contributed by atoms with van der Waals surface area (Å²) in [6.45, 7) is 1.05. The molecule has 0 aromatic carbocycles. The summed E-state index contributed by atoms with van der Waals surface area (Å²) in [5.41, 5.74) is 5.66. The summed E-state index contributed by atoms with van der Waals surface area (Å²) >= 11 is 5.79. The summed E-state index contributed by atoms with van der Waals surface area (Å²) in [7, 11) is 1.44. The molecule has 0 bridgehead atoms. The molecule has 0 aliphatic rings. The third kappa shape index (κ3) is 3.43. The molecule has 0 atom stereocenters. The average molecular weight is 297 g/mol. The molecule has 106 valence electrons. The predicted octanol–water partition coefficient (Wildman–Crippen LogP) is 0.546. The van der Waals surface area contributed by atoms with Crippen molar-refractivity contribution in [3.8, 4) is 5.88 Å². The SMILES string of the molecule is COc1cc(Cl)nc(NC(=O)c2cn(CCN)cn2)n1. The highest BCUT2D eigenvalue weighted by Crippen LogP contribution is 2.16. The van der Waals surface area contributed by atoms with Crippen LogP contribution in [0.3, 0.4) is 0 Å².